The summed E-state index contributed by atoms with van der Waals surface area (Å²) in [6, 6.07) is 0. The highest BCUT2D eigenvalue weighted by Crippen LogP contribution is 2.07. The van der Waals surface area contributed by atoms with Crippen molar-refractivity contribution in [2.45, 2.75) is 13.0 Å². The number of rotatable bonds is 4. The molecule has 10 heavy (non-hydrogen) atoms. The van der Waals surface area contributed by atoms with E-state index >= 15 is 0 Å². The second-order valence-corrected chi connectivity index (χ2v) is 2.55. The summed E-state index contributed by atoms with van der Waals surface area (Å²) in [5.74, 6) is 0. The molecule has 0 fully saturated rings. The van der Waals surface area contributed by atoms with E-state index in [9.17, 15) is 0 Å². The molecule has 1 atom stereocenters. The molecule has 3 nitrogen and oxygen atoms in total. The molecule has 0 aromatic heterocycles. The zero-order chi connectivity index (χ0) is 7.98. The number of ether oxygens (including phenoxy) is 1. The summed E-state index contributed by atoms with van der Waals surface area (Å²) in [7, 11) is 0. The highest BCUT2D eigenvalue weighted by atomic mass is 32.2. The molecule has 0 aromatic rings. The molecule has 0 heterocycles. The van der Waals surface area contributed by atoms with Gasteiger partial charge in [0.1, 0.15) is 11.1 Å². The van der Waals surface area contributed by atoms with Crippen molar-refractivity contribution >= 4 is 23.2 Å². The Labute approximate surface area is 64.5 Å². The van der Waals surface area contributed by atoms with Crippen LogP contribution in [0.25, 0.3) is 0 Å². The monoisotopic (exact) mass is 158 g/mol. The summed E-state index contributed by atoms with van der Waals surface area (Å²) in [6.07, 6.45) is 0.503. The second-order valence-electron chi connectivity index (χ2n) is 1.54. The molecule has 2 N–H and O–H groups in total. The third kappa shape index (κ3) is 3.29. The van der Waals surface area contributed by atoms with E-state index in [0.717, 1.165) is 6.40 Å². The Morgan fingerprint density at radius 2 is 2.40 bits per heavy atom. The van der Waals surface area contributed by atoms with Gasteiger partial charge in [-0.25, -0.2) is 0 Å². The van der Waals surface area contributed by atoms with E-state index in [-0.39, 0.29) is 6.10 Å². The molecule has 0 aliphatic heterocycles. The highest BCUT2D eigenvalue weighted by molar-refractivity contribution is 8.16. The van der Waals surface area contributed by atoms with E-state index in [0.29, 0.717) is 5.04 Å². The fourth-order valence-electron chi connectivity index (χ4n) is 0.349. The zero-order valence-electron chi connectivity index (χ0n) is 5.76. The molecule has 0 aromatic carbocycles. The van der Waals surface area contributed by atoms with Crippen LogP contribution in [0.5, 0.6) is 0 Å². The Hall–Kier alpha value is -0.770. The van der Waals surface area contributed by atoms with Crippen molar-refractivity contribution in [1.29, 1.82) is 10.8 Å². The first-order chi connectivity index (χ1) is 4.72. The van der Waals surface area contributed by atoms with Crippen LogP contribution in [-0.4, -0.2) is 17.5 Å². The van der Waals surface area contributed by atoms with E-state index in [1.165, 1.54) is 11.8 Å². The molecule has 0 bridgehead atoms. The van der Waals surface area contributed by atoms with Gasteiger partial charge in [-0.05, 0) is 12.3 Å². The third-order valence-electron chi connectivity index (χ3n) is 0.852. The minimum absolute atomic E-state index is 0.333. The molecule has 0 radical (unpaired) electrons. The molecular formula is C6H10N2OS. The quantitative estimate of drug-likeness (QED) is 0.484. The summed E-state index contributed by atoms with van der Waals surface area (Å²) >= 11 is 1.20. The van der Waals surface area contributed by atoms with Gasteiger partial charge < -0.3 is 4.74 Å². The van der Waals surface area contributed by atoms with Crippen molar-refractivity contribution in [2.24, 2.45) is 0 Å². The van der Waals surface area contributed by atoms with Gasteiger partial charge in [0, 0.05) is 0 Å². The molecule has 0 spiro atoms. The summed E-state index contributed by atoms with van der Waals surface area (Å²) < 4.78 is 4.70. The average molecular weight is 158 g/mol. The van der Waals surface area contributed by atoms with Crippen LogP contribution in [0.2, 0.25) is 0 Å². The predicted molar refractivity (Wildman–Crippen MR) is 44.8 cm³/mol. The lowest BCUT2D eigenvalue weighted by Crippen LogP contribution is -2.15. The van der Waals surface area contributed by atoms with Crippen molar-refractivity contribution in [3.8, 4) is 0 Å². The van der Waals surface area contributed by atoms with Gasteiger partial charge in [-0.2, -0.15) is 0 Å². The van der Waals surface area contributed by atoms with Crippen LogP contribution in [0, 0.1) is 10.8 Å². The topological polar surface area (TPSA) is 56.9 Å². The number of thioether (sulfide) groups is 1. The maximum Gasteiger partial charge on any atom is 0.167 e. The number of nitrogens with one attached hydrogen (secondary N) is 2. The van der Waals surface area contributed by atoms with Crippen LogP contribution in [-0.2, 0) is 4.74 Å². The van der Waals surface area contributed by atoms with Crippen LogP contribution >= 0.6 is 11.8 Å². The van der Waals surface area contributed by atoms with Gasteiger partial charge in [0.25, 0.3) is 0 Å². The van der Waals surface area contributed by atoms with E-state index in [1.54, 1.807) is 12.3 Å². The lowest BCUT2D eigenvalue weighted by atomic mass is 10.4. The number of hydrogen-bond donors (Lipinski definition) is 2. The fraction of sp³-hybridized carbons (Fsp3) is 0.333. The smallest absolute Gasteiger partial charge is 0.167 e. The summed E-state index contributed by atoms with van der Waals surface area (Å²) in [5.41, 5.74) is 0. The molecule has 56 valence electrons. The molecule has 1 unspecified atom stereocenters. The van der Waals surface area contributed by atoms with Gasteiger partial charge in [-0.3, -0.25) is 10.8 Å². The first kappa shape index (κ1) is 9.23. The highest BCUT2D eigenvalue weighted by Gasteiger charge is 2.06. The first-order valence-corrected chi connectivity index (χ1v) is 3.60. The molecule has 0 amide bonds. The van der Waals surface area contributed by atoms with Crippen LogP contribution in [0.15, 0.2) is 12.0 Å². The largest absolute Gasteiger partial charge is 0.474 e. The summed E-state index contributed by atoms with van der Waals surface area (Å²) in [4.78, 5) is 0. The standard InChI is InChI=1S/C6H10N2OS/c1-3-10-6(8)5(2)9-4-7/h3-5,7-8H,1H2,2H3. The lowest BCUT2D eigenvalue weighted by molar-refractivity contribution is 0.288. The van der Waals surface area contributed by atoms with Gasteiger partial charge >= 0.3 is 0 Å². The van der Waals surface area contributed by atoms with Crippen molar-refractivity contribution in [3.63, 3.8) is 0 Å². The third-order valence-corrected chi connectivity index (χ3v) is 1.60. The van der Waals surface area contributed by atoms with E-state index < -0.39 is 0 Å². The minimum Gasteiger partial charge on any atom is -0.474 e. The Morgan fingerprint density at radius 3 is 2.80 bits per heavy atom. The van der Waals surface area contributed by atoms with E-state index in [2.05, 4.69) is 6.58 Å². The van der Waals surface area contributed by atoms with Gasteiger partial charge in [-0.15, -0.1) is 0 Å². The Kier molecular flexibility index (Phi) is 4.66. The predicted octanol–water partition coefficient (Wildman–Crippen LogP) is 1.85. The molecule has 0 rings (SSSR count). The Balaban J connectivity index is 3.68. The van der Waals surface area contributed by atoms with E-state index in [1.807, 2.05) is 0 Å². The van der Waals surface area contributed by atoms with Crippen LogP contribution in [0.1, 0.15) is 6.92 Å². The Morgan fingerprint density at radius 1 is 1.80 bits per heavy atom. The van der Waals surface area contributed by atoms with Crippen molar-refractivity contribution in [3.05, 3.63) is 12.0 Å². The van der Waals surface area contributed by atoms with Crippen molar-refractivity contribution in [1.82, 2.24) is 0 Å². The molecule has 0 saturated carbocycles. The average Bonchev–Trinajstić information content (AvgIpc) is 1.89. The minimum atomic E-state index is -0.333. The van der Waals surface area contributed by atoms with Crippen molar-refractivity contribution < 1.29 is 4.74 Å². The maximum absolute atomic E-state index is 7.26. The van der Waals surface area contributed by atoms with Crippen molar-refractivity contribution in [2.75, 3.05) is 0 Å². The molecule has 4 heteroatoms. The Bertz CT molecular complexity index is 147. The van der Waals surface area contributed by atoms with Gasteiger partial charge in [0.05, 0.1) is 0 Å². The summed E-state index contributed by atoms with van der Waals surface area (Å²) in [6.45, 7) is 5.16. The second kappa shape index (κ2) is 5.05. The molecule has 0 aliphatic rings. The number of hydrogen-bond acceptors (Lipinski definition) is 4. The van der Waals surface area contributed by atoms with Gasteiger partial charge in [0.2, 0.25) is 0 Å². The molecule has 0 saturated heterocycles. The molecule has 0 aliphatic carbocycles. The van der Waals surface area contributed by atoms with Gasteiger partial charge in [0.15, 0.2) is 6.40 Å². The molecular weight excluding hydrogens is 148 g/mol. The lowest BCUT2D eigenvalue weighted by Gasteiger charge is -2.08. The fourth-order valence-corrected chi connectivity index (χ4v) is 0.776. The summed E-state index contributed by atoms with van der Waals surface area (Å²) in [5, 5.41) is 15.8. The van der Waals surface area contributed by atoms with Crippen LogP contribution in [0.4, 0.5) is 0 Å². The van der Waals surface area contributed by atoms with Crippen LogP contribution in [0.3, 0.4) is 0 Å². The van der Waals surface area contributed by atoms with Gasteiger partial charge in [-0.1, -0.05) is 18.3 Å². The zero-order valence-corrected chi connectivity index (χ0v) is 6.57. The SMILES string of the molecule is C=CSC(=N)C(C)OC=N. The maximum atomic E-state index is 7.26. The van der Waals surface area contributed by atoms with Crippen LogP contribution < -0.4 is 0 Å². The van der Waals surface area contributed by atoms with E-state index in [4.69, 9.17) is 15.6 Å². The normalized spacial score (nSPS) is 11.7. The first-order valence-electron chi connectivity index (χ1n) is 2.72.